The molecule has 4 nitrogen and oxygen atoms in total. The number of guanidine groups is 1. The van der Waals surface area contributed by atoms with E-state index in [9.17, 15) is 0 Å². The van der Waals surface area contributed by atoms with Gasteiger partial charge in [-0.2, -0.15) is 0 Å². The number of benzene rings is 1. The number of aliphatic imine (C=N–C) groups is 1. The normalized spacial score (nSPS) is 11.2. The van der Waals surface area contributed by atoms with Crippen molar-refractivity contribution in [3.8, 4) is 5.75 Å². The number of rotatable bonds is 4. The molecule has 0 aromatic heterocycles. The van der Waals surface area contributed by atoms with Gasteiger partial charge in [0.15, 0.2) is 5.96 Å². The van der Waals surface area contributed by atoms with Crippen LogP contribution in [0.15, 0.2) is 29.3 Å². The van der Waals surface area contributed by atoms with Crippen LogP contribution in [0.5, 0.6) is 5.75 Å². The SMILES string of the molecule is CCNC(N)=NCc1ccc(OC)cc1. The van der Waals surface area contributed by atoms with Gasteiger partial charge in [0, 0.05) is 6.54 Å². The van der Waals surface area contributed by atoms with E-state index in [1.807, 2.05) is 31.2 Å². The quantitative estimate of drug-likeness (QED) is 0.574. The maximum Gasteiger partial charge on any atom is 0.188 e. The van der Waals surface area contributed by atoms with Crippen LogP contribution in [-0.2, 0) is 6.54 Å². The molecule has 0 fully saturated rings. The van der Waals surface area contributed by atoms with Crippen molar-refractivity contribution in [2.24, 2.45) is 10.7 Å². The van der Waals surface area contributed by atoms with Gasteiger partial charge in [0.2, 0.25) is 0 Å². The first kappa shape index (κ1) is 11.4. The Bertz CT molecular complexity index is 319. The van der Waals surface area contributed by atoms with Crippen molar-refractivity contribution in [2.75, 3.05) is 13.7 Å². The predicted octanol–water partition coefficient (Wildman–Crippen LogP) is 1.12. The Morgan fingerprint density at radius 2 is 2.07 bits per heavy atom. The summed E-state index contributed by atoms with van der Waals surface area (Å²) in [5.74, 6) is 1.33. The highest BCUT2D eigenvalue weighted by Gasteiger charge is 1.93. The van der Waals surface area contributed by atoms with Crippen LogP contribution in [0.3, 0.4) is 0 Å². The van der Waals surface area contributed by atoms with Crippen molar-refractivity contribution in [2.45, 2.75) is 13.5 Å². The van der Waals surface area contributed by atoms with Crippen LogP contribution in [0.25, 0.3) is 0 Å². The third kappa shape index (κ3) is 3.89. The Hall–Kier alpha value is -1.71. The van der Waals surface area contributed by atoms with E-state index in [1.54, 1.807) is 7.11 Å². The van der Waals surface area contributed by atoms with Crippen LogP contribution >= 0.6 is 0 Å². The highest BCUT2D eigenvalue weighted by molar-refractivity contribution is 5.77. The van der Waals surface area contributed by atoms with Crippen molar-refractivity contribution in [1.29, 1.82) is 0 Å². The number of nitrogens with one attached hydrogen (secondary N) is 1. The van der Waals surface area contributed by atoms with Crippen molar-refractivity contribution >= 4 is 5.96 Å². The summed E-state index contributed by atoms with van der Waals surface area (Å²) in [5, 5.41) is 2.94. The van der Waals surface area contributed by atoms with Gasteiger partial charge in [-0.25, -0.2) is 4.99 Å². The molecule has 0 bridgehead atoms. The lowest BCUT2D eigenvalue weighted by molar-refractivity contribution is 0.414. The fourth-order valence-corrected chi connectivity index (χ4v) is 1.14. The van der Waals surface area contributed by atoms with E-state index >= 15 is 0 Å². The van der Waals surface area contributed by atoms with Gasteiger partial charge in [0.05, 0.1) is 13.7 Å². The zero-order valence-corrected chi connectivity index (χ0v) is 9.16. The van der Waals surface area contributed by atoms with Gasteiger partial charge in [-0.15, -0.1) is 0 Å². The zero-order valence-electron chi connectivity index (χ0n) is 9.16. The van der Waals surface area contributed by atoms with Crippen LogP contribution in [0, 0.1) is 0 Å². The molecule has 1 aromatic carbocycles. The van der Waals surface area contributed by atoms with E-state index in [2.05, 4.69) is 10.3 Å². The number of nitrogens with two attached hydrogens (primary N) is 1. The highest BCUT2D eigenvalue weighted by atomic mass is 16.5. The molecule has 0 aliphatic rings. The average molecular weight is 207 g/mol. The summed E-state index contributed by atoms with van der Waals surface area (Å²) in [5.41, 5.74) is 6.71. The summed E-state index contributed by atoms with van der Waals surface area (Å²) in [6.07, 6.45) is 0. The largest absolute Gasteiger partial charge is 0.497 e. The maximum absolute atomic E-state index is 5.60. The summed E-state index contributed by atoms with van der Waals surface area (Å²) >= 11 is 0. The second-order valence-corrected chi connectivity index (χ2v) is 3.08. The van der Waals surface area contributed by atoms with Gasteiger partial charge < -0.3 is 15.8 Å². The van der Waals surface area contributed by atoms with E-state index in [0.717, 1.165) is 17.9 Å². The molecule has 0 saturated heterocycles. The number of ether oxygens (including phenoxy) is 1. The maximum atomic E-state index is 5.60. The van der Waals surface area contributed by atoms with E-state index < -0.39 is 0 Å². The Kier molecular flexibility index (Phi) is 4.47. The molecule has 0 amide bonds. The molecule has 0 heterocycles. The van der Waals surface area contributed by atoms with Crippen LogP contribution in [0.2, 0.25) is 0 Å². The van der Waals surface area contributed by atoms with Gasteiger partial charge in [0.25, 0.3) is 0 Å². The molecule has 1 aromatic rings. The fourth-order valence-electron chi connectivity index (χ4n) is 1.14. The van der Waals surface area contributed by atoms with Gasteiger partial charge in [-0.1, -0.05) is 12.1 Å². The number of hydrogen-bond acceptors (Lipinski definition) is 2. The molecule has 4 heteroatoms. The number of methoxy groups -OCH3 is 1. The topological polar surface area (TPSA) is 59.6 Å². The lowest BCUT2D eigenvalue weighted by Crippen LogP contribution is -2.31. The Balaban J connectivity index is 2.54. The molecule has 0 atom stereocenters. The Labute approximate surface area is 90.2 Å². The third-order valence-corrected chi connectivity index (χ3v) is 1.95. The van der Waals surface area contributed by atoms with E-state index in [-0.39, 0.29) is 0 Å². The Morgan fingerprint density at radius 1 is 1.40 bits per heavy atom. The summed E-state index contributed by atoms with van der Waals surface area (Å²) in [7, 11) is 1.65. The fraction of sp³-hybridized carbons (Fsp3) is 0.364. The molecule has 0 spiro atoms. The molecule has 0 aliphatic heterocycles. The van der Waals surface area contributed by atoms with Crippen LogP contribution in [-0.4, -0.2) is 19.6 Å². The van der Waals surface area contributed by atoms with Crippen molar-refractivity contribution in [3.63, 3.8) is 0 Å². The van der Waals surface area contributed by atoms with Crippen LogP contribution in [0.1, 0.15) is 12.5 Å². The number of nitrogens with zero attached hydrogens (tertiary/aromatic N) is 1. The lowest BCUT2D eigenvalue weighted by atomic mass is 10.2. The monoisotopic (exact) mass is 207 g/mol. The standard InChI is InChI=1S/C11H17N3O/c1-3-13-11(12)14-8-9-4-6-10(15-2)7-5-9/h4-7H,3,8H2,1-2H3,(H3,12,13,14). The van der Waals surface area contributed by atoms with Gasteiger partial charge >= 0.3 is 0 Å². The first-order chi connectivity index (χ1) is 7.26. The molecule has 1 rings (SSSR count). The molecule has 0 aliphatic carbocycles. The second kappa shape index (κ2) is 5.90. The van der Waals surface area contributed by atoms with Crippen molar-refractivity contribution in [1.82, 2.24) is 5.32 Å². The molecular weight excluding hydrogens is 190 g/mol. The minimum Gasteiger partial charge on any atom is -0.497 e. The lowest BCUT2D eigenvalue weighted by Gasteiger charge is -2.03. The molecule has 0 radical (unpaired) electrons. The first-order valence-electron chi connectivity index (χ1n) is 4.93. The van der Waals surface area contributed by atoms with Crippen LogP contribution < -0.4 is 15.8 Å². The smallest absolute Gasteiger partial charge is 0.188 e. The summed E-state index contributed by atoms with van der Waals surface area (Å²) in [6, 6.07) is 7.77. The minimum absolute atomic E-state index is 0.480. The highest BCUT2D eigenvalue weighted by Crippen LogP contribution is 2.11. The molecule has 3 N–H and O–H groups in total. The number of hydrogen-bond donors (Lipinski definition) is 2. The van der Waals surface area contributed by atoms with Gasteiger partial charge in [0.1, 0.15) is 5.75 Å². The van der Waals surface area contributed by atoms with Gasteiger partial charge in [-0.05, 0) is 24.6 Å². The first-order valence-corrected chi connectivity index (χ1v) is 4.93. The minimum atomic E-state index is 0.480. The molecule has 15 heavy (non-hydrogen) atoms. The summed E-state index contributed by atoms with van der Waals surface area (Å²) in [6.45, 7) is 3.36. The molecule has 0 unspecified atom stereocenters. The molecule has 0 saturated carbocycles. The Morgan fingerprint density at radius 3 is 2.60 bits per heavy atom. The van der Waals surface area contributed by atoms with E-state index in [4.69, 9.17) is 10.5 Å². The average Bonchev–Trinajstić information content (AvgIpc) is 2.27. The van der Waals surface area contributed by atoms with Crippen molar-refractivity contribution in [3.05, 3.63) is 29.8 Å². The summed E-state index contributed by atoms with van der Waals surface area (Å²) < 4.78 is 5.06. The van der Waals surface area contributed by atoms with E-state index in [0.29, 0.717) is 12.5 Å². The van der Waals surface area contributed by atoms with E-state index in [1.165, 1.54) is 0 Å². The van der Waals surface area contributed by atoms with Crippen LogP contribution in [0.4, 0.5) is 0 Å². The molecule has 82 valence electrons. The zero-order chi connectivity index (χ0) is 11.1. The molecular formula is C11H17N3O. The van der Waals surface area contributed by atoms with Crippen molar-refractivity contribution < 1.29 is 4.74 Å². The predicted molar refractivity (Wildman–Crippen MR) is 62.0 cm³/mol. The van der Waals surface area contributed by atoms with Gasteiger partial charge in [-0.3, -0.25) is 0 Å². The second-order valence-electron chi connectivity index (χ2n) is 3.08. The third-order valence-electron chi connectivity index (χ3n) is 1.95. The summed E-state index contributed by atoms with van der Waals surface area (Å²) in [4.78, 5) is 4.18.